The molecule has 0 saturated carbocycles. The fourth-order valence-corrected chi connectivity index (χ4v) is 1.97. The first-order valence-corrected chi connectivity index (χ1v) is 6.03. The van der Waals surface area contributed by atoms with Crippen LogP contribution in [0.1, 0.15) is 12.6 Å². The molecule has 0 bridgehead atoms. The van der Waals surface area contributed by atoms with Gasteiger partial charge in [-0.05, 0) is 19.9 Å². The van der Waals surface area contributed by atoms with Gasteiger partial charge in [-0.3, -0.25) is 14.5 Å². The number of aryl methyl sites for hydroxylation is 1. The van der Waals surface area contributed by atoms with Gasteiger partial charge >= 0.3 is 0 Å². The van der Waals surface area contributed by atoms with E-state index >= 15 is 0 Å². The quantitative estimate of drug-likeness (QED) is 0.890. The summed E-state index contributed by atoms with van der Waals surface area (Å²) in [7, 11) is 1.74. The number of hydrogen-bond acceptors (Lipinski definition) is 4. The normalized spacial score (nSPS) is 12.3. The largest absolute Gasteiger partial charge is 0.369 e. The van der Waals surface area contributed by atoms with Crippen LogP contribution in [0.5, 0.6) is 0 Å². The summed E-state index contributed by atoms with van der Waals surface area (Å²) in [5, 5.41) is 0. The number of pyridine rings is 1. The van der Waals surface area contributed by atoms with Crippen molar-refractivity contribution in [3.8, 4) is 11.1 Å². The van der Waals surface area contributed by atoms with Crippen LogP contribution < -0.4 is 11.2 Å². The Kier molecular flexibility index (Phi) is 3.75. The van der Waals surface area contributed by atoms with E-state index in [2.05, 4.69) is 15.0 Å². The SMILES string of the molecule is C/C=C\n1c(N)ncc(-c2cccnc2C)/c1=N/C. The smallest absolute Gasteiger partial charge is 0.205 e. The maximum absolute atomic E-state index is 5.89. The number of aromatic nitrogens is 3. The summed E-state index contributed by atoms with van der Waals surface area (Å²) in [6.45, 7) is 3.89. The van der Waals surface area contributed by atoms with Crippen LogP contribution in [-0.2, 0) is 0 Å². The van der Waals surface area contributed by atoms with Gasteiger partial charge in [-0.2, -0.15) is 0 Å². The van der Waals surface area contributed by atoms with Gasteiger partial charge in [0, 0.05) is 42.5 Å². The summed E-state index contributed by atoms with van der Waals surface area (Å²) in [6.07, 6.45) is 7.25. The highest BCUT2D eigenvalue weighted by atomic mass is 15.1. The van der Waals surface area contributed by atoms with Crippen molar-refractivity contribution in [2.75, 3.05) is 12.8 Å². The Balaban J connectivity index is 2.80. The highest BCUT2D eigenvalue weighted by Crippen LogP contribution is 2.17. The molecule has 0 aromatic carbocycles. The van der Waals surface area contributed by atoms with Gasteiger partial charge in [0.2, 0.25) is 5.95 Å². The van der Waals surface area contributed by atoms with Crippen molar-refractivity contribution in [2.45, 2.75) is 13.8 Å². The molecule has 5 heteroatoms. The number of allylic oxidation sites excluding steroid dienone is 1. The summed E-state index contributed by atoms with van der Waals surface area (Å²) in [5.74, 6) is 0.406. The van der Waals surface area contributed by atoms with E-state index in [1.54, 1.807) is 24.0 Å². The molecule has 2 N–H and O–H groups in total. The van der Waals surface area contributed by atoms with Crippen LogP contribution in [-0.4, -0.2) is 21.6 Å². The van der Waals surface area contributed by atoms with Crippen LogP contribution in [0.4, 0.5) is 5.95 Å². The molecule has 98 valence electrons. The Bertz CT molecular complexity index is 682. The molecule has 2 aromatic heterocycles. The molecule has 19 heavy (non-hydrogen) atoms. The van der Waals surface area contributed by atoms with Crippen molar-refractivity contribution >= 4 is 12.1 Å². The lowest BCUT2D eigenvalue weighted by atomic mass is 10.1. The third-order valence-corrected chi connectivity index (χ3v) is 2.85. The molecule has 0 unspecified atom stereocenters. The Labute approximate surface area is 112 Å². The monoisotopic (exact) mass is 255 g/mol. The van der Waals surface area contributed by atoms with Crippen molar-refractivity contribution in [3.05, 3.63) is 41.8 Å². The number of anilines is 1. The van der Waals surface area contributed by atoms with Crippen molar-refractivity contribution in [3.63, 3.8) is 0 Å². The Morgan fingerprint density at radius 1 is 1.32 bits per heavy atom. The number of nitrogens with two attached hydrogens (primary N) is 1. The molecule has 0 saturated heterocycles. The van der Waals surface area contributed by atoms with Crippen molar-refractivity contribution < 1.29 is 0 Å². The maximum Gasteiger partial charge on any atom is 0.205 e. The molecular formula is C14H17N5. The second kappa shape index (κ2) is 5.48. The van der Waals surface area contributed by atoms with Gasteiger partial charge in [0.1, 0.15) is 5.49 Å². The Morgan fingerprint density at radius 3 is 2.74 bits per heavy atom. The topological polar surface area (TPSA) is 69.1 Å². The summed E-state index contributed by atoms with van der Waals surface area (Å²) >= 11 is 0. The molecule has 0 aliphatic carbocycles. The van der Waals surface area contributed by atoms with E-state index in [9.17, 15) is 0 Å². The summed E-state index contributed by atoms with van der Waals surface area (Å²) < 4.78 is 1.77. The Morgan fingerprint density at radius 2 is 2.11 bits per heavy atom. The highest BCUT2D eigenvalue weighted by molar-refractivity contribution is 5.64. The molecular weight excluding hydrogens is 238 g/mol. The molecule has 0 amide bonds. The van der Waals surface area contributed by atoms with Crippen molar-refractivity contribution in [1.29, 1.82) is 0 Å². The molecule has 0 fully saturated rings. The van der Waals surface area contributed by atoms with Crippen LogP contribution in [0, 0.1) is 6.92 Å². The minimum Gasteiger partial charge on any atom is -0.369 e. The van der Waals surface area contributed by atoms with Gasteiger partial charge in [-0.15, -0.1) is 0 Å². The lowest BCUT2D eigenvalue weighted by Crippen LogP contribution is -2.23. The second-order valence-corrected chi connectivity index (χ2v) is 4.07. The second-order valence-electron chi connectivity index (χ2n) is 4.07. The highest BCUT2D eigenvalue weighted by Gasteiger charge is 2.09. The van der Waals surface area contributed by atoms with E-state index in [1.807, 2.05) is 38.3 Å². The molecule has 2 aromatic rings. The van der Waals surface area contributed by atoms with E-state index in [0.717, 1.165) is 22.3 Å². The molecule has 2 heterocycles. The van der Waals surface area contributed by atoms with E-state index in [1.165, 1.54) is 0 Å². The van der Waals surface area contributed by atoms with Crippen molar-refractivity contribution in [1.82, 2.24) is 14.5 Å². The molecule has 0 radical (unpaired) electrons. The van der Waals surface area contributed by atoms with Crippen molar-refractivity contribution in [2.24, 2.45) is 4.99 Å². The zero-order chi connectivity index (χ0) is 13.8. The fraction of sp³-hybridized carbons (Fsp3) is 0.214. The van der Waals surface area contributed by atoms with E-state index in [0.29, 0.717) is 5.95 Å². The molecule has 0 atom stereocenters. The summed E-state index contributed by atoms with van der Waals surface area (Å²) in [5.41, 5.74) is 9.52. The first kappa shape index (κ1) is 13.0. The van der Waals surface area contributed by atoms with Gasteiger partial charge in [0.05, 0.1) is 0 Å². The zero-order valence-corrected chi connectivity index (χ0v) is 11.3. The predicted molar refractivity (Wildman–Crippen MR) is 77.1 cm³/mol. The van der Waals surface area contributed by atoms with Gasteiger partial charge < -0.3 is 5.73 Å². The number of nitrogens with zero attached hydrogens (tertiary/aromatic N) is 4. The maximum atomic E-state index is 5.89. The van der Waals surface area contributed by atoms with Crippen LogP contribution >= 0.6 is 0 Å². The van der Waals surface area contributed by atoms with Crippen LogP contribution in [0.25, 0.3) is 17.3 Å². The third kappa shape index (κ3) is 2.40. The first-order valence-electron chi connectivity index (χ1n) is 6.03. The summed E-state index contributed by atoms with van der Waals surface area (Å²) in [6, 6.07) is 3.91. The standard InChI is InChI=1S/C14H17N5/c1-4-8-19-13(16-3)12(9-18-14(19)15)11-6-5-7-17-10(11)2/h4-9H,1-3H3,(H2,15,18)/b8-4-,16-13-. The summed E-state index contributed by atoms with van der Waals surface area (Å²) in [4.78, 5) is 12.9. The lowest BCUT2D eigenvalue weighted by Gasteiger charge is -2.10. The predicted octanol–water partition coefficient (Wildman–Crippen LogP) is 1.86. The van der Waals surface area contributed by atoms with Gasteiger partial charge in [-0.1, -0.05) is 12.1 Å². The molecule has 0 aliphatic rings. The molecule has 0 aliphatic heterocycles. The van der Waals surface area contributed by atoms with Crippen LogP contribution in [0.2, 0.25) is 0 Å². The van der Waals surface area contributed by atoms with E-state index in [-0.39, 0.29) is 0 Å². The third-order valence-electron chi connectivity index (χ3n) is 2.85. The molecule has 0 spiro atoms. The van der Waals surface area contributed by atoms with E-state index in [4.69, 9.17) is 5.73 Å². The van der Waals surface area contributed by atoms with Gasteiger partial charge in [0.15, 0.2) is 0 Å². The number of hydrogen-bond donors (Lipinski definition) is 1. The number of nitrogen functional groups attached to an aromatic ring is 1. The minimum absolute atomic E-state index is 0.406. The first-order chi connectivity index (χ1) is 9.19. The Hall–Kier alpha value is -2.43. The van der Waals surface area contributed by atoms with Crippen LogP contribution in [0.15, 0.2) is 35.6 Å². The fourth-order valence-electron chi connectivity index (χ4n) is 1.97. The zero-order valence-electron chi connectivity index (χ0n) is 11.3. The lowest BCUT2D eigenvalue weighted by molar-refractivity contribution is 0.958. The average molecular weight is 255 g/mol. The minimum atomic E-state index is 0.406. The number of rotatable bonds is 2. The van der Waals surface area contributed by atoms with Gasteiger partial charge in [-0.25, -0.2) is 4.98 Å². The van der Waals surface area contributed by atoms with Crippen LogP contribution in [0.3, 0.4) is 0 Å². The average Bonchev–Trinajstić information content (AvgIpc) is 2.42. The molecule has 5 nitrogen and oxygen atoms in total. The van der Waals surface area contributed by atoms with E-state index < -0.39 is 0 Å². The van der Waals surface area contributed by atoms with Gasteiger partial charge in [0.25, 0.3) is 0 Å². The molecule has 2 rings (SSSR count).